The van der Waals surface area contributed by atoms with Crippen molar-refractivity contribution >= 4 is 17.3 Å². The van der Waals surface area contributed by atoms with Crippen LogP contribution in [0.3, 0.4) is 0 Å². The lowest BCUT2D eigenvalue weighted by molar-refractivity contribution is -0.148. The molecular formula is C9H11F3N2O3S. The molecule has 0 saturated heterocycles. The van der Waals surface area contributed by atoms with Crippen molar-refractivity contribution in [1.82, 2.24) is 9.88 Å². The van der Waals surface area contributed by atoms with Crippen LogP contribution < -0.4 is 0 Å². The molecule has 1 aromatic heterocycles. The summed E-state index contributed by atoms with van der Waals surface area (Å²) in [6.07, 6.45) is -4.37. The lowest BCUT2D eigenvalue weighted by atomic mass is 10.4. The first kappa shape index (κ1) is 14.9. The number of rotatable bonds is 6. The first-order valence-electron chi connectivity index (χ1n) is 4.89. The highest BCUT2D eigenvalue weighted by atomic mass is 32.1. The Hall–Kier alpha value is -1.19. The Bertz CT molecular complexity index is 408. The minimum atomic E-state index is -4.37. The van der Waals surface area contributed by atoms with Crippen molar-refractivity contribution in [1.29, 1.82) is 0 Å². The molecule has 0 atom stereocenters. The second kappa shape index (κ2) is 6.12. The van der Waals surface area contributed by atoms with Gasteiger partial charge in [0.15, 0.2) is 0 Å². The van der Waals surface area contributed by atoms with Crippen molar-refractivity contribution < 1.29 is 28.2 Å². The number of carbonyl (C=O) groups is 1. The van der Waals surface area contributed by atoms with Crippen molar-refractivity contribution in [2.75, 3.05) is 19.7 Å². The Morgan fingerprint density at radius 3 is 2.61 bits per heavy atom. The molecule has 0 fully saturated rings. The van der Waals surface area contributed by atoms with Crippen LogP contribution in [-0.4, -0.2) is 51.9 Å². The van der Waals surface area contributed by atoms with Gasteiger partial charge in [-0.2, -0.15) is 13.2 Å². The van der Waals surface area contributed by atoms with E-state index in [1.54, 1.807) is 0 Å². The number of thiazole rings is 1. The third kappa shape index (κ3) is 4.98. The summed E-state index contributed by atoms with van der Waals surface area (Å²) in [4.78, 5) is 15.2. The molecule has 0 amide bonds. The van der Waals surface area contributed by atoms with Gasteiger partial charge in [-0.25, -0.2) is 9.78 Å². The Morgan fingerprint density at radius 1 is 1.50 bits per heavy atom. The van der Waals surface area contributed by atoms with Crippen LogP contribution >= 0.6 is 11.3 Å². The zero-order chi connectivity index (χ0) is 13.8. The average Bonchev–Trinajstić information content (AvgIpc) is 2.64. The predicted octanol–water partition coefficient (Wildman–Crippen LogP) is 1.20. The highest BCUT2D eigenvalue weighted by Crippen LogP contribution is 2.18. The zero-order valence-corrected chi connectivity index (χ0v) is 9.96. The molecule has 18 heavy (non-hydrogen) atoms. The molecule has 9 heteroatoms. The van der Waals surface area contributed by atoms with E-state index in [4.69, 9.17) is 10.2 Å². The Balaban J connectivity index is 2.67. The van der Waals surface area contributed by atoms with Gasteiger partial charge < -0.3 is 10.2 Å². The molecule has 5 nitrogen and oxygen atoms in total. The van der Waals surface area contributed by atoms with E-state index in [0.29, 0.717) is 0 Å². The molecular weight excluding hydrogens is 273 g/mol. The molecule has 0 aromatic carbocycles. The summed E-state index contributed by atoms with van der Waals surface area (Å²) in [6, 6.07) is 0. The van der Waals surface area contributed by atoms with Gasteiger partial charge in [0.1, 0.15) is 0 Å². The number of aromatic carboxylic acids is 1. The smallest absolute Gasteiger partial charge is 0.401 e. The number of halogens is 3. The molecule has 0 radical (unpaired) electrons. The maximum atomic E-state index is 12.2. The summed E-state index contributed by atoms with van der Waals surface area (Å²) in [5.41, 5.74) is 0.245. The van der Waals surface area contributed by atoms with E-state index in [-0.39, 0.29) is 23.8 Å². The number of hydrogen-bond acceptors (Lipinski definition) is 5. The normalized spacial score (nSPS) is 12.1. The van der Waals surface area contributed by atoms with E-state index in [0.717, 1.165) is 16.2 Å². The van der Waals surface area contributed by atoms with Gasteiger partial charge in [0, 0.05) is 18.5 Å². The predicted molar refractivity (Wildman–Crippen MR) is 57.5 cm³/mol. The van der Waals surface area contributed by atoms with Gasteiger partial charge in [0.2, 0.25) is 5.01 Å². The summed E-state index contributed by atoms with van der Waals surface area (Å²) in [7, 11) is 0. The second-order valence-electron chi connectivity index (χ2n) is 3.50. The fourth-order valence-corrected chi connectivity index (χ4v) is 1.96. The third-order valence-electron chi connectivity index (χ3n) is 1.94. The van der Waals surface area contributed by atoms with Crippen LogP contribution in [0.25, 0.3) is 0 Å². The molecule has 0 spiro atoms. The Morgan fingerprint density at radius 2 is 2.17 bits per heavy atom. The highest BCUT2D eigenvalue weighted by Gasteiger charge is 2.30. The fourth-order valence-electron chi connectivity index (χ4n) is 1.32. The minimum absolute atomic E-state index is 0.149. The maximum Gasteiger partial charge on any atom is 0.401 e. The number of carboxylic acid groups (broad SMARTS) is 1. The molecule has 1 rings (SSSR count). The van der Waals surface area contributed by atoms with Gasteiger partial charge in [-0.05, 0) is 0 Å². The molecule has 0 aliphatic heterocycles. The first-order valence-corrected chi connectivity index (χ1v) is 5.77. The maximum absolute atomic E-state index is 12.2. The van der Waals surface area contributed by atoms with E-state index < -0.39 is 25.3 Å². The van der Waals surface area contributed by atoms with Gasteiger partial charge in [-0.15, -0.1) is 11.3 Å². The highest BCUT2D eigenvalue weighted by molar-refractivity contribution is 7.11. The molecule has 0 aliphatic rings. The molecule has 0 saturated carbocycles. The largest absolute Gasteiger partial charge is 0.476 e. The summed E-state index contributed by atoms with van der Waals surface area (Å²) >= 11 is 0.855. The third-order valence-corrected chi connectivity index (χ3v) is 2.82. The van der Waals surface area contributed by atoms with Crippen LogP contribution in [0, 0.1) is 0 Å². The standard InChI is InChI=1S/C9H11F3N2O3S/c10-9(11,12)5-14(1-2-15)3-6-4-18-7(13-6)8(16)17/h4,15H,1-3,5H2,(H,16,17). The van der Waals surface area contributed by atoms with E-state index in [2.05, 4.69) is 4.98 Å². The van der Waals surface area contributed by atoms with Crippen LogP contribution in [0.1, 0.15) is 15.5 Å². The van der Waals surface area contributed by atoms with Crippen molar-refractivity contribution in [2.24, 2.45) is 0 Å². The van der Waals surface area contributed by atoms with Crippen LogP contribution in [0.5, 0.6) is 0 Å². The average molecular weight is 284 g/mol. The number of carboxylic acids is 1. The van der Waals surface area contributed by atoms with E-state index in [9.17, 15) is 18.0 Å². The number of aromatic nitrogens is 1. The number of alkyl halides is 3. The van der Waals surface area contributed by atoms with E-state index >= 15 is 0 Å². The van der Waals surface area contributed by atoms with Crippen molar-refractivity contribution in [2.45, 2.75) is 12.7 Å². The monoisotopic (exact) mass is 284 g/mol. The van der Waals surface area contributed by atoms with Crippen LogP contribution in [0.15, 0.2) is 5.38 Å². The van der Waals surface area contributed by atoms with Crippen molar-refractivity contribution in [3.63, 3.8) is 0 Å². The Labute approximate surface area is 104 Å². The molecule has 0 bridgehead atoms. The molecule has 1 aromatic rings. The minimum Gasteiger partial charge on any atom is -0.476 e. The summed E-state index contributed by atoms with van der Waals surface area (Å²) in [6.45, 7) is -1.89. The summed E-state index contributed by atoms with van der Waals surface area (Å²) in [5, 5.41) is 18.5. The molecule has 2 N–H and O–H groups in total. The lowest BCUT2D eigenvalue weighted by Gasteiger charge is -2.21. The first-order chi connectivity index (χ1) is 8.31. The van der Waals surface area contributed by atoms with Gasteiger partial charge in [-0.1, -0.05) is 0 Å². The summed E-state index contributed by atoms with van der Waals surface area (Å²) in [5.74, 6) is -1.21. The van der Waals surface area contributed by atoms with E-state index in [1.165, 1.54) is 5.38 Å². The number of aliphatic hydroxyl groups is 1. The SMILES string of the molecule is O=C(O)c1nc(CN(CCO)CC(F)(F)F)cs1. The summed E-state index contributed by atoms with van der Waals surface area (Å²) < 4.78 is 36.7. The molecule has 0 aliphatic carbocycles. The van der Waals surface area contributed by atoms with Crippen LogP contribution in [0.4, 0.5) is 13.2 Å². The Kier molecular flexibility index (Phi) is 5.05. The quantitative estimate of drug-likeness (QED) is 0.821. The number of hydrogen-bond donors (Lipinski definition) is 2. The van der Waals surface area contributed by atoms with Gasteiger partial charge in [0.05, 0.1) is 18.8 Å². The van der Waals surface area contributed by atoms with Gasteiger partial charge in [-0.3, -0.25) is 4.90 Å². The van der Waals surface area contributed by atoms with Gasteiger partial charge in [0.25, 0.3) is 0 Å². The zero-order valence-electron chi connectivity index (χ0n) is 9.15. The number of aliphatic hydroxyl groups excluding tert-OH is 1. The fraction of sp³-hybridized carbons (Fsp3) is 0.556. The molecule has 102 valence electrons. The van der Waals surface area contributed by atoms with Gasteiger partial charge >= 0.3 is 12.1 Å². The molecule has 1 heterocycles. The van der Waals surface area contributed by atoms with Crippen molar-refractivity contribution in [3.05, 3.63) is 16.1 Å². The second-order valence-corrected chi connectivity index (χ2v) is 4.36. The van der Waals surface area contributed by atoms with Crippen LogP contribution in [0.2, 0.25) is 0 Å². The number of nitrogens with zero attached hydrogens (tertiary/aromatic N) is 2. The van der Waals surface area contributed by atoms with E-state index in [1.807, 2.05) is 0 Å². The topological polar surface area (TPSA) is 73.7 Å². The van der Waals surface area contributed by atoms with Crippen molar-refractivity contribution in [3.8, 4) is 0 Å². The molecule has 0 unspecified atom stereocenters. The lowest BCUT2D eigenvalue weighted by Crippen LogP contribution is -2.35. The van der Waals surface area contributed by atoms with Crippen LogP contribution in [-0.2, 0) is 6.54 Å².